The second-order valence-electron chi connectivity index (χ2n) is 5.69. The SMILES string of the molecule is Cc1cccc(C(=O)N2C[C@@H](C)C(=O)Nc3ccccc32)c1. The lowest BCUT2D eigenvalue weighted by Gasteiger charge is -2.23. The molecule has 3 rings (SSSR count). The average molecular weight is 294 g/mol. The molecule has 2 aromatic carbocycles. The number of nitrogens with one attached hydrogen (secondary N) is 1. The molecule has 0 saturated heterocycles. The van der Waals surface area contributed by atoms with Crippen LogP contribution in [0, 0.1) is 12.8 Å². The van der Waals surface area contributed by atoms with Crippen LogP contribution in [0.1, 0.15) is 22.8 Å². The van der Waals surface area contributed by atoms with Crippen LogP contribution < -0.4 is 10.2 Å². The van der Waals surface area contributed by atoms with Crippen molar-refractivity contribution in [2.45, 2.75) is 13.8 Å². The monoisotopic (exact) mass is 294 g/mol. The van der Waals surface area contributed by atoms with E-state index < -0.39 is 0 Å². The molecular formula is C18H18N2O2. The largest absolute Gasteiger partial charge is 0.324 e. The molecule has 0 aliphatic carbocycles. The number of carbonyl (C=O) groups is 2. The summed E-state index contributed by atoms with van der Waals surface area (Å²) in [6.07, 6.45) is 0. The number of carbonyl (C=O) groups excluding carboxylic acids is 2. The molecule has 0 bridgehead atoms. The second-order valence-corrected chi connectivity index (χ2v) is 5.69. The zero-order valence-electron chi connectivity index (χ0n) is 12.7. The van der Waals surface area contributed by atoms with Crippen LogP contribution in [0.2, 0.25) is 0 Å². The molecule has 0 fully saturated rings. The Balaban J connectivity index is 2.05. The minimum absolute atomic E-state index is 0.0630. The van der Waals surface area contributed by atoms with Crippen LogP contribution in [0.15, 0.2) is 48.5 Å². The molecular weight excluding hydrogens is 276 g/mol. The van der Waals surface area contributed by atoms with Crippen LogP contribution in [0.3, 0.4) is 0 Å². The van der Waals surface area contributed by atoms with Crippen molar-refractivity contribution in [3.63, 3.8) is 0 Å². The van der Waals surface area contributed by atoms with Crippen LogP contribution in [0.5, 0.6) is 0 Å². The summed E-state index contributed by atoms with van der Waals surface area (Å²) in [5.74, 6) is -0.410. The van der Waals surface area contributed by atoms with Gasteiger partial charge in [-0.2, -0.15) is 0 Å². The van der Waals surface area contributed by atoms with Gasteiger partial charge in [0.2, 0.25) is 5.91 Å². The van der Waals surface area contributed by atoms with Gasteiger partial charge in [0, 0.05) is 12.1 Å². The number of rotatable bonds is 1. The van der Waals surface area contributed by atoms with Gasteiger partial charge in [-0.1, -0.05) is 36.8 Å². The summed E-state index contributed by atoms with van der Waals surface area (Å²) in [6.45, 7) is 4.16. The number of aryl methyl sites for hydroxylation is 1. The van der Waals surface area contributed by atoms with Gasteiger partial charge in [-0.25, -0.2) is 0 Å². The summed E-state index contributed by atoms with van der Waals surface area (Å²) in [5.41, 5.74) is 3.09. The number of fused-ring (bicyclic) bond motifs is 1. The molecule has 2 aromatic rings. The Labute approximate surface area is 129 Å². The van der Waals surface area contributed by atoms with E-state index in [1.54, 1.807) is 4.90 Å². The molecule has 1 aliphatic heterocycles. The van der Waals surface area contributed by atoms with Crippen molar-refractivity contribution in [3.8, 4) is 0 Å². The van der Waals surface area contributed by atoms with E-state index in [0.717, 1.165) is 11.3 Å². The molecule has 1 N–H and O–H groups in total. The first-order chi connectivity index (χ1) is 10.6. The Morgan fingerprint density at radius 3 is 2.73 bits per heavy atom. The summed E-state index contributed by atoms with van der Waals surface area (Å²) in [5, 5.41) is 2.89. The maximum absolute atomic E-state index is 12.9. The van der Waals surface area contributed by atoms with Crippen molar-refractivity contribution in [2.24, 2.45) is 5.92 Å². The van der Waals surface area contributed by atoms with Crippen molar-refractivity contribution in [2.75, 3.05) is 16.8 Å². The number of para-hydroxylation sites is 2. The fourth-order valence-electron chi connectivity index (χ4n) is 2.65. The van der Waals surface area contributed by atoms with E-state index in [4.69, 9.17) is 0 Å². The van der Waals surface area contributed by atoms with E-state index >= 15 is 0 Å². The Bertz CT molecular complexity index is 739. The number of hydrogen-bond donors (Lipinski definition) is 1. The summed E-state index contributed by atoms with van der Waals surface area (Å²) < 4.78 is 0. The van der Waals surface area contributed by atoms with Crippen LogP contribution in [-0.2, 0) is 4.79 Å². The lowest BCUT2D eigenvalue weighted by atomic mass is 10.1. The lowest BCUT2D eigenvalue weighted by molar-refractivity contribution is -0.119. The summed E-state index contributed by atoms with van der Waals surface area (Å²) in [7, 11) is 0. The molecule has 2 amide bonds. The molecule has 112 valence electrons. The molecule has 0 saturated carbocycles. The molecule has 0 unspecified atom stereocenters. The van der Waals surface area contributed by atoms with Gasteiger partial charge in [-0.15, -0.1) is 0 Å². The van der Waals surface area contributed by atoms with Crippen LogP contribution in [0.4, 0.5) is 11.4 Å². The quantitative estimate of drug-likeness (QED) is 0.878. The van der Waals surface area contributed by atoms with Crippen LogP contribution >= 0.6 is 0 Å². The second kappa shape index (κ2) is 5.64. The van der Waals surface area contributed by atoms with Gasteiger partial charge >= 0.3 is 0 Å². The maximum Gasteiger partial charge on any atom is 0.258 e. The highest BCUT2D eigenvalue weighted by molar-refractivity contribution is 6.10. The van der Waals surface area contributed by atoms with E-state index in [2.05, 4.69) is 5.32 Å². The first-order valence-corrected chi connectivity index (χ1v) is 7.34. The molecule has 1 aliphatic rings. The van der Waals surface area contributed by atoms with Crippen LogP contribution in [-0.4, -0.2) is 18.4 Å². The van der Waals surface area contributed by atoms with Gasteiger partial charge in [0.05, 0.1) is 17.3 Å². The lowest BCUT2D eigenvalue weighted by Crippen LogP contribution is -2.35. The normalized spacial score (nSPS) is 17.5. The van der Waals surface area contributed by atoms with Crippen LogP contribution in [0.25, 0.3) is 0 Å². The van der Waals surface area contributed by atoms with E-state index in [0.29, 0.717) is 17.8 Å². The zero-order chi connectivity index (χ0) is 15.7. The third kappa shape index (κ3) is 2.60. The smallest absolute Gasteiger partial charge is 0.258 e. The summed E-state index contributed by atoms with van der Waals surface area (Å²) in [4.78, 5) is 26.7. The van der Waals surface area contributed by atoms with Crippen molar-refractivity contribution < 1.29 is 9.59 Å². The van der Waals surface area contributed by atoms with Gasteiger partial charge in [0.15, 0.2) is 0 Å². The Morgan fingerprint density at radius 1 is 1.18 bits per heavy atom. The molecule has 0 aromatic heterocycles. The van der Waals surface area contributed by atoms with Gasteiger partial charge in [0.25, 0.3) is 5.91 Å². The highest BCUT2D eigenvalue weighted by atomic mass is 16.2. The number of benzene rings is 2. The highest BCUT2D eigenvalue weighted by Crippen LogP contribution is 2.31. The minimum atomic E-state index is -0.263. The predicted octanol–water partition coefficient (Wildman–Crippen LogP) is 3.23. The summed E-state index contributed by atoms with van der Waals surface area (Å²) >= 11 is 0. The Kier molecular flexibility index (Phi) is 3.67. The zero-order valence-corrected chi connectivity index (χ0v) is 12.7. The number of amides is 2. The molecule has 4 heteroatoms. The maximum atomic E-state index is 12.9. The topological polar surface area (TPSA) is 49.4 Å². The van der Waals surface area contributed by atoms with Crippen molar-refractivity contribution in [1.82, 2.24) is 0 Å². The molecule has 1 heterocycles. The minimum Gasteiger partial charge on any atom is -0.324 e. The molecule has 4 nitrogen and oxygen atoms in total. The summed E-state index contributed by atoms with van der Waals surface area (Å²) in [6, 6.07) is 14.9. The van der Waals surface area contributed by atoms with Gasteiger partial charge in [-0.05, 0) is 31.2 Å². The van der Waals surface area contributed by atoms with E-state index in [1.165, 1.54) is 0 Å². The van der Waals surface area contributed by atoms with Gasteiger partial charge < -0.3 is 10.2 Å². The number of hydrogen-bond acceptors (Lipinski definition) is 2. The van der Waals surface area contributed by atoms with Crippen molar-refractivity contribution >= 4 is 23.2 Å². The van der Waals surface area contributed by atoms with Gasteiger partial charge in [0.1, 0.15) is 0 Å². The Hall–Kier alpha value is -2.62. The number of nitrogens with zero attached hydrogens (tertiary/aromatic N) is 1. The molecule has 1 atom stereocenters. The van der Waals surface area contributed by atoms with Gasteiger partial charge in [-0.3, -0.25) is 9.59 Å². The number of anilines is 2. The third-order valence-electron chi connectivity index (χ3n) is 3.87. The average Bonchev–Trinajstić information content (AvgIpc) is 2.64. The highest BCUT2D eigenvalue weighted by Gasteiger charge is 2.28. The first kappa shape index (κ1) is 14.3. The van der Waals surface area contributed by atoms with E-state index in [-0.39, 0.29) is 17.7 Å². The van der Waals surface area contributed by atoms with E-state index in [1.807, 2.05) is 62.4 Å². The van der Waals surface area contributed by atoms with Crippen molar-refractivity contribution in [1.29, 1.82) is 0 Å². The molecule has 0 spiro atoms. The predicted molar refractivity (Wildman–Crippen MR) is 87.1 cm³/mol. The van der Waals surface area contributed by atoms with Crippen molar-refractivity contribution in [3.05, 3.63) is 59.7 Å². The molecule has 22 heavy (non-hydrogen) atoms. The fraction of sp³-hybridized carbons (Fsp3) is 0.222. The fourth-order valence-corrected chi connectivity index (χ4v) is 2.65. The molecule has 0 radical (unpaired) electrons. The standard InChI is InChI=1S/C18H18N2O2/c1-12-6-5-7-14(10-12)18(22)20-11-13(2)17(21)19-15-8-3-4-9-16(15)20/h3-10,13H,11H2,1-2H3,(H,19,21)/t13-/m1/s1. The Morgan fingerprint density at radius 2 is 1.95 bits per heavy atom. The first-order valence-electron chi connectivity index (χ1n) is 7.34. The van der Waals surface area contributed by atoms with E-state index in [9.17, 15) is 9.59 Å². The third-order valence-corrected chi connectivity index (χ3v) is 3.87.